The summed E-state index contributed by atoms with van der Waals surface area (Å²) in [5, 5.41) is 14.3. The number of rotatable bonds is 10. The molecule has 0 fully saturated rings. The van der Waals surface area contributed by atoms with Crippen LogP contribution in [0.1, 0.15) is 32.8 Å². The highest BCUT2D eigenvalue weighted by Crippen LogP contribution is 2.10. The minimum Gasteiger partial charge on any atom is -0.480 e. The van der Waals surface area contributed by atoms with Gasteiger partial charge in [-0.2, -0.15) is 0 Å². The van der Waals surface area contributed by atoms with Crippen LogP contribution in [0.5, 0.6) is 0 Å². The molecule has 0 aromatic heterocycles. The van der Waals surface area contributed by atoms with Crippen LogP contribution in [0.4, 0.5) is 0 Å². The summed E-state index contributed by atoms with van der Waals surface area (Å²) in [6.45, 7) is 4.66. The smallest absolute Gasteiger partial charge is 0.326 e. The summed E-state index contributed by atoms with van der Waals surface area (Å²) >= 11 is 0. The number of hydrogen-bond donors (Lipinski definition) is 3. The summed E-state index contributed by atoms with van der Waals surface area (Å²) in [5.41, 5.74) is 0.818. The zero-order chi connectivity index (χ0) is 20.4. The molecule has 3 atom stereocenters. The summed E-state index contributed by atoms with van der Waals surface area (Å²) in [7, 11) is 0. The molecule has 0 radical (unpaired) electrons. The van der Waals surface area contributed by atoms with E-state index in [4.69, 9.17) is 4.74 Å². The van der Waals surface area contributed by atoms with Crippen LogP contribution in [0.3, 0.4) is 0 Å². The minimum atomic E-state index is -1.27. The molecule has 2 amide bonds. The Bertz CT molecular complexity index is 661. The molecule has 0 bridgehead atoms. The molecule has 1 aromatic carbocycles. The van der Waals surface area contributed by atoms with Gasteiger partial charge in [-0.05, 0) is 18.9 Å². The van der Waals surface area contributed by atoms with E-state index in [-0.39, 0.29) is 19.4 Å². The molecule has 148 valence electrons. The molecule has 3 N–H and O–H groups in total. The number of carboxylic acid groups (broad SMARTS) is 1. The normalized spacial score (nSPS) is 13.7. The van der Waals surface area contributed by atoms with Crippen LogP contribution in [-0.4, -0.2) is 47.6 Å². The van der Waals surface area contributed by atoms with Crippen molar-refractivity contribution in [2.75, 3.05) is 6.61 Å². The lowest BCUT2D eigenvalue weighted by Gasteiger charge is -2.22. The highest BCUT2D eigenvalue weighted by molar-refractivity contribution is 5.90. The van der Waals surface area contributed by atoms with E-state index in [0.29, 0.717) is 0 Å². The molecule has 27 heavy (non-hydrogen) atoms. The predicted octanol–water partition coefficient (Wildman–Crippen LogP) is 0.893. The molecule has 1 aromatic rings. The molecule has 0 spiro atoms. The Kier molecular flexibility index (Phi) is 8.98. The maximum Gasteiger partial charge on any atom is 0.326 e. The minimum absolute atomic E-state index is 0.113. The number of amides is 2. The third kappa shape index (κ3) is 7.89. The number of carboxylic acids is 1. The molecule has 8 heteroatoms. The van der Waals surface area contributed by atoms with Gasteiger partial charge in [-0.3, -0.25) is 14.4 Å². The van der Waals surface area contributed by atoms with Crippen molar-refractivity contribution in [2.45, 2.75) is 45.7 Å². The lowest BCUT2D eigenvalue weighted by Crippen LogP contribution is -2.52. The number of aliphatic carboxylic acids is 1. The third-order valence-electron chi connectivity index (χ3n) is 3.87. The van der Waals surface area contributed by atoms with E-state index >= 15 is 0 Å². The number of hydrogen-bond acceptors (Lipinski definition) is 5. The van der Waals surface area contributed by atoms with Crippen molar-refractivity contribution in [2.24, 2.45) is 5.92 Å². The molecule has 8 nitrogen and oxygen atoms in total. The first-order valence-electron chi connectivity index (χ1n) is 8.75. The molecule has 0 saturated carbocycles. The Labute approximate surface area is 158 Å². The van der Waals surface area contributed by atoms with Gasteiger partial charge in [0, 0.05) is 13.3 Å². The molecular weight excluding hydrogens is 352 g/mol. The largest absolute Gasteiger partial charge is 0.480 e. The van der Waals surface area contributed by atoms with Crippen LogP contribution in [-0.2, 0) is 30.3 Å². The van der Waals surface area contributed by atoms with Gasteiger partial charge in [0.25, 0.3) is 0 Å². The first kappa shape index (κ1) is 22.1. The number of carbonyl (C=O) groups is 4. The molecule has 0 aliphatic heterocycles. The quantitative estimate of drug-likeness (QED) is 0.520. The van der Waals surface area contributed by atoms with E-state index < -0.39 is 41.8 Å². The van der Waals surface area contributed by atoms with Crippen LogP contribution in [0.2, 0.25) is 0 Å². The van der Waals surface area contributed by atoms with Crippen LogP contribution >= 0.6 is 0 Å². The van der Waals surface area contributed by atoms with Crippen molar-refractivity contribution in [3.8, 4) is 0 Å². The van der Waals surface area contributed by atoms with Crippen LogP contribution in [0, 0.1) is 5.92 Å². The summed E-state index contributed by atoms with van der Waals surface area (Å²) < 4.78 is 4.87. The maximum atomic E-state index is 12.6. The highest BCUT2D eigenvalue weighted by atomic mass is 16.5. The number of nitrogens with one attached hydrogen (secondary N) is 2. The SMILES string of the molecule is CCOC(=O)[C@H](C)C[C@H](NC(=O)[C@@H](Cc1ccccc1)NC(C)=O)C(=O)O. The van der Waals surface area contributed by atoms with Crippen molar-refractivity contribution in [3.05, 3.63) is 35.9 Å². The summed E-state index contributed by atoms with van der Waals surface area (Å²) in [5.74, 6) is -3.52. The zero-order valence-electron chi connectivity index (χ0n) is 15.7. The van der Waals surface area contributed by atoms with Crippen molar-refractivity contribution < 1.29 is 29.0 Å². The summed E-state index contributed by atoms with van der Waals surface area (Å²) in [6.07, 6.45) is 0.101. The van der Waals surface area contributed by atoms with Gasteiger partial charge in [-0.25, -0.2) is 4.79 Å². The first-order valence-corrected chi connectivity index (χ1v) is 8.75. The van der Waals surface area contributed by atoms with E-state index in [1.165, 1.54) is 13.8 Å². The van der Waals surface area contributed by atoms with Gasteiger partial charge in [-0.1, -0.05) is 37.3 Å². The van der Waals surface area contributed by atoms with Gasteiger partial charge in [0.05, 0.1) is 12.5 Å². The Morgan fingerprint density at radius 2 is 1.70 bits per heavy atom. The molecular formula is C19H26N2O6. The van der Waals surface area contributed by atoms with Gasteiger partial charge in [-0.15, -0.1) is 0 Å². The monoisotopic (exact) mass is 378 g/mol. The summed E-state index contributed by atoms with van der Waals surface area (Å²) in [6, 6.07) is 6.85. The molecule has 0 saturated heterocycles. The molecule has 0 aliphatic rings. The lowest BCUT2D eigenvalue weighted by atomic mass is 10.0. The first-order chi connectivity index (χ1) is 12.7. The molecule has 1 rings (SSSR count). The third-order valence-corrected chi connectivity index (χ3v) is 3.87. The average Bonchev–Trinajstić information content (AvgIpc) is 2.61. The molecule has 0 aliphatic carbocycles. The van der Waals surface area contributed by atoms with Crippen LogP contribution in [0.25, 0.3) is 0 Å². The standard InChI is InChI=1S/C19H26N2O6/c1-4-27-19(26)12(2)10-16(18(24)25)21-17(23)15(20-13(3)22)11-14-8-6-5-7-9-14/h5-9,12,15-16H,4,10-11H2,1-3H3,(H,20,22)(H,21,23)(H,24,25)/t12-,15-,16+/m1/s1. The van der Waals surface area contributed by atoms with Gasteiger partial charge in [0.1, 0.15) is 12.1 Å². The van der Waals surface area contributed by atoms with E-state index in [9.17, 15) is 24.3 Å². The molecule has 0 unspecified atom stereocenters. The van der Waals surface area contributed by atoms with Crippen molar-refractivity contribution in [1.29, 1.82) is 0 Å². The summed E-state index contributed by atoms with van der Waals surface area (Å²) in [4.78, 5) is 47.2. The number of carbonyl (C=O) groups excluding carboxylic acids is 3. The second kappa shape index (κ2) is 10.9. The van der Waals surface area contributed by atoms with Crippen molar-refractivity contribution in [3.63, 3.8) is 0 Å². The fourth-order valence-corrected chi connectivity index (χ4v) is 2.53. The number of benzene rings is 1. The average molecular weight is 378 g/mol. The van der Waals surface area contributed by atoms with Crippen molar-refractivity contribution in [1.82, 2.24) is 10.6 Å². The van der Waals surface area contributed by atoms with Gasteiger partial charge in [0.2, 0.25) is 11.8 Å². The Hall–Kier alpha value is -2.90. The zero-order valence-corrected chi connectivity index (χ0v) is 15.7. The predicted molar refractivity (Wildman–Crippen MR) is 97.7 cm³/mol. The second-order valence-corrected chi connectivity index (χ2v) is 6.23. The lowest BCUT2D eigenvalue weighted by molar-refractivity contribution is -0.149. The van der Waals surface area contributed by atoms with E-state index in [1.54, 1.807) is 31.2 Å². The van der Waals surface area contributed by atoms with Gasteiger partial charge < -0.3 is 20.5 Å². The van der Waals surface area contributed by atoms with Crippen molar-refractivity contribution >= 4 is 23.8 Å². The van der Waals surface area contributed by atoms with Gasteiger partial charge in [0.15, 0.2) is 0 Å². The second-order valence-electron chi connectivity index (χ2n) is 6.23. The highest BCUT2D eigenvalue weighted by Gasteiger charge is 2.29. The van der Waals surface area contributed by atoms with E-state index in [2.05, 4.69) is 10.6 Å². The maximum absolute atomic E-state index is 12.6. The van der Waals surface area contributed by atoms with Crippen LogP contribution in [0.15, 0.2) is 30.3 Å². The fourth-order valence-electron chi connectivity index (χ4n) is 2.53. The Balaban J connectivity index is 2.83. The van der Waals surface area contributed by atoms with E-state index in [1.807, 2.05) is 6.07 Å². The van der Waals surface area contributed by atoms with Gasteiger partial charge >= 0.3 is 11.9 Å². The topological polar surface area (TPSA) is 122 Å². The number of esters is 1. The molecule has 0 heterocycles. The van der Waals surface area contributed by atoms with Crippen LogP contribution < -0.4 is 10.6 Å². The number of ether oxygens (including phenoxy) is 1. The Morgan fingerprint density at radius 1 is 1.07 bits per heavy atom. The fraction of sp³-hybridized carbons (Fsp3) is 0.474. The Morgan fingerprint density at radius 3 is 2.22 bits per heavy atom. The van der Waals surface area contributed by atoms with E-state index in [0.717, 1.165) is 5.56 Å².